The molecule has 0 spiro atoms. The van der Waals surface area contributed by atoms with Gasteiger partial charge in [-0.1, -0.05) is 32.9 Å². The van der Waals surface area contributed by atoms with Crippen LogP contribution in [0.3, 0.4) is 0 Å². The van der Waals surface area contributed by atoms with Crippen molar-refractivity contribution in [2.24, 2.45) is 5.41 Å². The summed E-state index contributed by atoms with van der Waals surface area (Å²) >= 11 is 0. The lowest BCUT2D eigenvalue weighted by atomic mass is 9.92. The third-order valence-electron chi connectivity index (χ3n) is 3.59. The van der Waals surface area contributed by atoms with Gasteiger partial charge in [0.1, 0.15) is 0 Å². The SMILES string of the molecule is CC(C)(C)CC(=O)Nc1ccc(CC(=O)N2CCOCCN2)cc1. The molecular formula is C18H27N3O3. The Bertz CT molecular complexity index is 556. The molecule has 0 unspecified atom stereocenters. The maximum Gasteiger partial charge on any atom is 0.241 e. The first kappa shape index (κ1) is 18.4. The summed E-state index contributed by atoms with van der Waals surface area (Å²) < 4.78 is 5.32. The monoisotopic (exact) mass is 333 g/mol. The molecular weight excluding hydrogens is 306 g/mol. The van der Waals surface area contributed by atoms with Gasteiger partial charge < -0.3 is 10.1 Å². The summed E-state index contributed by atoms with van der Waals surface area (Å²) in [7, 11) is 0. The van der Waals surface area contributed by atoms with Crippen molar-refractivity contribution in [2.45, 2.75) is 33.6 Å². The standard InChI is InChI=1S/C18H27N3O3/c1-18(2,3)13-16(22)20-15-6-4-14(5-7-15)12-17(23)21-9-11-24-10-8-19-21/h4-7,19H,8-13H2,1-3H3,(H,20,22). The number of carbonyl (C=O) groups excluding carboxylic acids is 2. The van der Waals surface area contributed by atoms with Gasteiger partial charge in [-0.25, -0.2) is 5.43 Å². The second kappa shape index (κ2) is 8.26. The number of hydrazine groups is 1. The van der Waals surface area contributed by atoms with E-state index in [2.05, 4.69) is 10.7 Å². The van der Waals surface area contributed by atoms with Crippen molar-refractivity contribution >= 4 is 17.5 Å². The number of nitrogens with one attached hydrogen (secondary N) is 2. The van der Waals surface area contributed by atoms with E-state index in [9.17, 15) is 9.59 Å². The third-order valence-corrected chi connectivity index (χ3v) is 3.59. The second-order valence-corrected chi connectivity index (χ2v) is 7.23. The number of benzene rings is 1. The first-order valence-electron chi connectivity index (χ1n) is 8.34. The summed E-state index contributed by atoms with van der Waals surface area (Å²) in [4.78, 5) is 24.2. The molecule has 1 aromatic carbocycles. The lowest BCUT2D eigenvalue weighted by molar-refractivity contribution is -0.133. The van der Waals surface area contributed by atoms with Gasteiger partial charge in [0.25, 0.3) is 0 Å². The normalized spacial score (nSPS) is 15.7. The molecule has 2 N–H and O–H groups in total. The molecule has 1 aliphatic heterocycles. The largest absolute Gasteiger partial charge is 0.378 e. The fourth-order valence-corrected chi connectivity index (χ4v) is 2.47. The average molecular weight is 333 g/mol. The van der Waals surface area contributed by atoms with Crippen molar-refractivity contribution in [3.05, 3.63) is 29.8 Å². The Hall–Kier alpha value is -1.92. The minimum Gasteiger partial charge on any atom is -0.378 e. The number of rotatable bonds is 4. The van der Waals surface area contributed by atoms with Crippen molar-refractivity contribution < 1.29 is 14.3 Å². The minimum atomic E-state index is -0.0414. The number of anilines is 1. The molecule has 0 radical (unpaired) electrons. The fraction of sp³-hybridized carbons (Fsp3) is 0.556. The van der Waals surface area contributed by atoms with Crippen LogP contribution in [0.5, 0.6) is 0 Å². The van der Waals surface area contributed by atoms with Crippen molar-refractivity contribution in [2.75, 3.05) is 31.6 Å². The molecule has 0 saturated carbocycles. The molecule has 2 rings (SSSR count). The predicted octanol–water partition coefficient (Wildman–Crippen LogP) is 1.97. The van der Waals surface area contributed by atoms with Crippen molar-refractivity contribution in [3.63, 3.8) is 0 Å². The van der Waals surface area contributed by atoms with Gasteiger partial charge >= 0.3 is 0 Å². The van der Waals surface area contributed by atoms with E-state index in [1.807, 2.05) is 45.0 Å². The highest BCUT2D eigenvalue weighted by Gasteiger charge is 2.17. The van der Waals surface area contributed by atoms with E-state index in [4.69, 9.17) is 4.74 Å². The third kappa shape index (κ3) is 6.29. The first-order valence-corrected chi connectivity index (χ1v) is 8.34. The molecule has 6 nitrogen and oxygen atoms in total. The van der Waals surface area contributed by atoms with Crippen LogP contribution in [0.2, 0.25) is 0 Å². The van der Waals surface area contributed by atoms with Gasteiger partial charge in [-0.3, -0.25) is 14.6 Å². The Morgan fingerprint density at radius 1 is 1.21 bits per heavy atom. The Morgan fingerprint density at radius 2 is 1.92 bits per heavy atom. The van der Waals surface area contributed by atoms with Gasteiger partial charge in [0, 0.05) is 18.7 Å². The number of hydrogen-bond acceptors (Lipinski definition) is 4. The molecule has 0 aliphatic carbocycles. The van der Waals surface area contributed by atoms with Gasteiger partial charge in [-0.2, -0.15) is 0 Å². The number of carbonyl (C=O) groups is 2. The average Bonchev–Trinajstić information content (AvgIpc) is 2.76. The molecule has 0 atom stereocenters. The van der Waals surface area contributed by atoms with Crippen LogP contribution in [0.1, 0.15) is 32.8 Å². The molecule has 1 aromatic rings. The maximum atomic E-state index is 12.3. The van der Waals surface area contributed by atoms with E-state index in [1.54, 1.807) is 5.01 Å². The Morgan fingerprint density at radius 3 is 2.58 bits per heavy atom. The molecule has 0 bridgehead atoms. The summed E-state index contributed by atoms with van der Waals surface area (Å²) in [5.41, 5.74) is 4.69. The molecule has 6 heteroatoms. The van der Waals surface area contributed by atoms with Crippen molar-refractivity contribution in [3.8, 4) is 0 Å². The second-order valence-electron chi connectivity index (χ2n) is 7.23. The predicted molar refractivity (Wildman–Crippen MR) is 93.4 cm³/mol. The topological polar surface area (TPSA) is 70.7 Å². The van der Waals surface area contributed by atoms with Crippen LogP contribution in [0.4, 0.5) is 5.69 Å². The highest BCUT2D eigenvalue weighted by atomic mass is 16.5. The molecule has 132 valence electrons. The molecule has 1 saturated heterocycles. The van der Waals surface area contributed by atoms with Gasteiger partial charge in [-0.05, 0) is 23.1 Å². The zero-order valence-electron chi connectivity index (χ0n) is 14.7. The van der Waals surface area contributed by atoms with E-state index in [1.165, 1.54) is 0 Å². The summed E-state index contributed by atoms with van der Waals surface area (Å²) in [5.74, 6) is 0.0186. The summed E-state index contributed by atoms with van der Waals surface area (Å²) in [6, 6.07) is 7.42. The van der Waals surface area contributed by atoms with E-state index < -0.39 is 0 Å². The van der Waals surface area contributed by atoms with E-state index >= 15 is 0 Å². The maximum absolute atomic E-state index is 12.3. The smallest absolute Gasteiger partial charge is 0.241 e. The summed E-state index contributed by atoms with van der Waals surface area (Å²) in [6.07, 6.45) is 0.791. The number of nitrogens with zero attached hydrogens (tertiary/aromatic N) is 1. The van der Waals surface area contributed by atoms with Crippen molar-refractivity contribution in [1.82, 2.24) is 10.4 Å². The fourth-order valence-electron chi connectivity index (χ4n) is 2.47. The molecule has 24 heavy (non-hydrogen) atoms. The highest BCUT2D eigenvalue weighted by Crippen LogP contribution is 2.20. The van der Waals surface area contributed by atoms with Crippen LogP contribution in [0.15, 0.2) is 24.3 Å². The summed E-state index contributed by atoms with van der Waals surface area (Å²) in [5, 5.41) is 4.50. The van der Waals surface area contributed by atoms with E-state index in [-0.39, 0.29) is 17.2 Å². The highest BCUT2D eigenvalue weighted by molar-refractivity contribution is 5.91. The quantitative estimate of drug-likeness (QED) is 0.884. The van der Waals surface area contributed by atoms with Gasteiger partial charge in [0.2, 0.25) is 11.8 Å². The molecule has 1 heterocycles. The zero-order chi connectivity index (χ0) is 17.6. The molecule has 0 aromatic heterocycles. The molecule has 1 fully saturated rings. The Balaban J connectivity index is 1.87. The minimum absolute atomic E-state index is 0.0000862. The van der Waals surface area contributed by atoms with E-state index in [0.717, 1.165) is 11.3 Å². The van der Waals surface area contributed by atoms with Crippen LogP contribution < -0.4 is 10.7 Å². The number of hydrogen-bond donors (Lipinski definition) is 2. The van der Waals surface area contributed by atoms with Gasteiger partial charge in [-0.15, -0.1) is 0 Å². The Labute approximate surface area is 143 Å². The zero-order valence-corrected chi connectivity index (χ0v) is 14.7. The Kier molecular flexibility index (Phi) is 6.34. The number of amides is 2. The van der Waals surface area contributed by atoms with Crippen LogP contribution in [-0.2, 0) is 20.7 Å². The van der Waals surface area contributed by atoms with Crippen molar-refractivity contribution in [1.29, 1.82) is 0 Å². The first-order chi connectivity index (χ1) is 11.3. The molecule has 1 aliphatic rings. The van der Waals surface area contributed by atoms with Crippen LogP contribution in [0, 0.1) is 5.41 Å². The lowest BCUT2D eigenvalue weighted by Crippen LogP contribution is -2.44. The lowest BCUT2D eigenvalue weighted by Gasteiger charge is -2.20. The van der Waals surface area contributed by atoms with Gasteiger partial charge in [0.05, 0.1) is 26.2 Å². The van der Waals surface area contributed by atoms with Crippen LogP contribution in [0.25, 0.3) is 0 Å². The number of ether oxygens (including phenoxy) is 1. The van der Waals surface area contributed by atoms with Crippen LogP contribution in [-0.4, -0.2) is 43.1 Å². The molecule has 2 amide bonds. The summed E-state index contributed by atoms with van der Waals surface area (Å²) in [6.45, 7) is 8.46. The van der Waals surface area contributed by atoms with Crippen LogP contribution >= 0.6 is 0 Å². The van der Waals surface area contributed by atoms with E-state index in [0.29, 0.717) is 39.1 Å². The van der Waals surface area contributed by atoms with Gasteiger partial charge in [0.15, 0.2) is 0 Å².